The van der Waals surface area contributed by atoms with Crippen molar-refractivity contribution in [1.29, 1.82) is 0 Å². The van der Waals surface area contributed by atoms with Gasteiger partial charge in [-0.25, -0.2) is 13.4 Å². The van der Waals surface area contributed by atoms with E-state index in [1.165, 1.54) is 27.8 Å². The first-order chi connectivity index (χ1) is 18.3. The molecule has 0 saturated carbocycles. The van der Waals surface area contributed by atoms with Crippen molar-refractivity contribution in [1.82, 2.24) is 9.29 Å². The molecule has 198 valence electrons. The zero-order valence-electron chi connectivity index (χ0n) is 21.2. The van der Waals surface area contributed by atoms with Gasteiger partial charge in [0, 0.05) is 25.8 Å². The van der Waals surface area contributed by atoms with Gasteiger partial charge in [0.2, 0.25) is 10.0 Å². The zero-order chi connectivity index (χ0) is 26.7. The number of anilines is 1. The monoisotopic (exact) mass is 551 g/mol. The average Bonchev–Trinajstić information content (AvgIpc) is 3.61. The number of thiazole rings is 1. The predicted octanol–water partition coefficient (Wildman–Crippen LogP) is 4.95. The van der Waals surface area contributed by atoms with E-state index < -0.39 is 10.0 Å². The van der Waals surface area contributed by atoms with Crippen molar-refractivity contribution < 1.29 is 22.7 Å². The first kappa shape index (κ1) is 26.3. The highest BCUT2D eigenvalue weighted by Gasteiger charge is 2.27. The third-order valence-corrected chi connectivity index (χ3v) is 9.42. The zero-order valence-corrected chi connectivity index (χ0v) is 22.9. The third-order valence-electron chi connectivity index (χ3n) is 6.54. The van der Waals surface area contributed by atoms with Crippen LogP contribution >= 0.6 is 11.3 Å². The number of nitrogens with zero attached hydrogens (tertiary/aromatic N) is 3. The Labute approximate surface area is 226 Å². The van der Waals surface area contributed by atoms with Crippen molar-refractivity contribution in [2.75, 3.05) is 32.2 Å². The van der Waals surface area contributed by atoms with Crippen LogP contribution in [0.3, 0.4) is 0 Å². The quantitative estimate of drug-likeness (QED) is 0.292. The highest BCUT2D eigenvalue weighted by molar-refractivity contribution is 7.89. The Balaban J connectivity index is 1.42. The molecule has 1 aromatic heterocycles. The standard InChI is InChI=1S/C28H29N3O5S2/c1-30(19-23-9-6-16-36-23)38(33,34)24-13-10-21(11-14-24)27(32)31(18-20-7-4-3-5-8-20)28-29-25-15-12-22(35-2)17-26(25)37-28/h3-5,7-8,10-15,17,23H,6,9,16,18-19H2,1-2H3. The lowest BCUT2D eigenvalue weighted by molar-refractivity contribution is 0.0978. The fourth-order valence-corrected chi connectivity index (χ4v) is 6.60. The number of hydrogen-bond donors (Lipinski definition) is 0. The highest BCUT2D eigenvalue weighted by atomic mass is 32.2. The molecule has 1 atom stereocenters. The fraction of sp³-hybridized carbons (Fsp3) is 0.286. The van der Waals surface area contributed by atoms with Gasteiger partial charge < -0.3 is 9.47 Å². The minimum absolute atomic E-state index is 0.0871. The first-order valence-electron chi connectivity index (χ1n) is 12.3. The van der Waals surface area contributed by atoms with Gasteiger partial charge in [-0.05, 0) is 60.9 Å². The molecule has 1 aliphatic rings. The summed E-state index contributed by atoms with van der Waals surface area (Å²) in [7, 11) is -0.543. The molecule has 0 aliphatic carbocycles. The number of sulfonamides is 1. The summed E-state index contributed by atoms with van der Waals surface area (Å²) in [6.45, 7) is 1.29. The van der Waals surface area contributed by atoms with E-state index in [9.17, 15) is 13.2 Å². The molecule has 0 bridgehead atoms. The van der Waals surface area contributed by atoms with Crippen LogP contribution in [0.4, 0.5) is 5.13 Å². The molecule has 5 rings (SSSR count). The second kappa shape index (κ2) is 11.2. The van der Waals surface area contributed by atoms with Crippen LogP contribution in [0.15, 0.2) is 77.7 Å². The van der Waals surface area contributed by atoms with Crippen molar-refractivity contribution in [3.8, 4) is 5.75 Å². The van der Waals surface area contributed by atoms with Gasteiger partial charge in [0.05, 0.1) is 34.9 Å². The Morgan fingerprint density at radius 2 is 1.87 bits per heavy atom. The van der Waals surface area contributed by atoms with Gasteiger partial charge in [0.1, 0.15) is 5.75 Å². The number of hydrogen-bond acceptors (Lipinski definition) is 7. The summed E-state index contributed by atoms with van der Waals surface area (Å²) in [6, 6.07) is 21.4. The van der Waals surface area contributed by atoms with Gasteiger partial charge in [-0.15, -0.1) is 0 Å². The van der Waals surface area contributed by atoms with Gasteiger partial charge in [-0.2, -0.15) is 4.31 Å². The normalized spacial score (nSPS) is 15.7. The smallest absolute Gasteiger partial charge is 0.260 e. The number of fused-ring (bicyclic) bond motifs is 1. The van der Waals surface area contributed by atoms with E-state index in [4.69, 9.17) is 14.5 Å². The van der Waals surface area contributed by atoms with Crippen LogP contribution in [-0.2, 0) is 21.3 Å². The molecular formula is C28H29N3O5S2. The molecule has 1 aliphatic heterocycles. The predicted molar refractivity (Wildman–Crippen MR) is 148 cm³/mol. The maximum absolute atomic E-state index is 13.8. The van der Waals surface area contributed by atoms with E-state index in [0.717, 1.165) is 34.4 Å². The molecule has 1 unspecified atom stereocenters. The van der Waals surface area contributed by atoms with Crippen LogP contribution < -0.4 is 9.64 Å². The van der Waals surface area contributed by atoms with Crippen molar-refractivity contribution in [2.45, 2.75) is 30.4 Å². The largest absolute Gasteiger partial charge is 0.497 e. The lowest BCUT2D eigenvalue weighted by Gasteiger charge is -2.22. The Bertz CT molecular complexity index is 1520. The second-order valence-electron chi connectivity index (χ2n) is 9.15. The molecule has 38 heavy (non-hydrogen) atoms. The van der Waals surface area contributed by atoms with Crippen molar-refractivity contribution in [2.24, 2.45) is 0 Å². The maximum Gasteiger partial charge on any atom is 0.260 e. The molecule has 1 amide bonds. The molecule has 1 fully saturated rings. The first-order valence-corrected chi connectivity index (χ1v) is 14.6. The number of ether oxygens (including phenoxy) is 2. The van der Waals surface area contributed by atoms with Gasteiger partial charge >= 0.3 is 0 Å². The number of carbonyl (C=O) groups is 1. The molecular weight excluding hydrogens is 522 g/mol. The molecule has 1 saturated heterocycles. The minimum Gasteiger partial charge on any atom is -0.497 e. The number of amides is 1. The second-order valence-corrected chi connectivity index (χ2v) is 12.2. The Morgan fingerprint density at radius 3 is 2.55 bits per heavy atom. The van der Waals surface area contributed by atoms with E-state index in [2.05, 4.69) is 0 Å². The third kappa shape index (κ3) is 5.58. The van der Waals surface area contributed by atoms with E-state index in [1.54, 1.807) is 31.2 Å². The molecule has 3 aromatic carbocycles. The van der Waals surface area contributed by atoms with Gasteiger partial charge in [0.15, 0.2) is 5.13 Å². The van der Waals surface area contributed by atoms with Crippen LogP contribution in [-0.4, -0.2) is 57.0 Å². The van der Waals surface area contributed by atoms with Gasteiger partial charge in [-0.1, -0.05) is 41.7 Å². The number of likely N-dealkylation sites (N-methyl/N-ethyl adjacent to an activating group) is 1. The summed E-state index contributed by atoms with van der Waals surface area (Å²) in [5.74, 6) is 0.450. The Kier molecular flexibility index (Phi) is 7.75. The van der Waals surface area contributed by atoms with Crippen LogP contribution in [0, 0.1) is 0 Å². The number of rotatable bonds is 9. The van der Waals surface area contributed by atoms with Crippen molar-refractivity contribution in [3.05, 3.63) is 83.9 Å². The molecule has 2 heterocycles. The average molecular weight is 552 g/mol. The summed E-state index contributed by atoms with van der Waals surface area (Å²) in [5.41, 5.74) is 2.10. The summed E-state index contributed by atoms with van der Waals surface area (Å²) in [6.07, 6.45) is 1.70. The molecule has 10 heteroatoms. The summed E-state index contributed by atoms with van der Waals surface area (Å²) in [4.78, 5) is 20.2. The molecule has 8 nitrogen and oxygen atoms in total. The van der Waals surface area contributed by atoms with Gasteiger partial charge in [-0.3, -0.25) is 9.69 Å². The topological polar surface area (TPSA) is 89.0 Å². The number of benzene rings is 3. The minimum atomic E-state index is -3.71. The van der Waals surface area contributed by atoms with Crippen LogP contribution in [0.1, 0.15) is 28.8 Å². The van der Waals surface area contributed by atoms with Crippen LogP contribution in [0.2, 0.25) is 0 Å². The van der Waals surface area contributed by atoms with Gasteiger partial charge in [0.25, 0.3) is 5.91 Å². The van der Waals surface area contributed by atoms with E-state index in [1.807, 2.05) is 48.5 Å². The van der Waals surface area contributed by atoms with Crippen molar-refractivity contribution in [3.63, 3.8) is 0 Å². The highest BCUT2D eigenvalue weighted by Crippen LogP contribution is 2.33. The number of carbonyl (C=O) groups excluding carboxylic acids is 1. The van der Waals surface area contributed by atoms with Crippen LogP contribution in [0.5, 0.6) is 5.75 Å². The SMILES string of the molecule is COc1ccc2nc(N(Cc3ccccc3)C(=O)c3ccc(S(=O)(=O)N(C)CC4CCCO4)cc3)sc2c1. The van der Waals surface area contributed by atoms with E-state index in [0.29, 0.717) is 30.4 Å². The van der Waals surface area contributed by atoms with Crippen LogP contribution in [0.25, 0.3) is 10.2 Å². The summed E-state index contributed by atoms with van der Waals surface area (Å²) >= 11 is 1.40. The molecule has 0 N–H and O–H groups in total. The summed E-state index contributed by atoms with van der Waals surface area (Å²) < 4.78 is 39.4. The Hall–Kier alpha value is -3.31. The maximum atomic E-state index is 13.8. The molecule has 0 radical (unpaired) electrons. The number of methoxy groups -OCH3 is 1. The Morgan fingerprint density at radius 1 is 1.11 bits per heavy atom. The molecule has 4 aromatic rings. The fourth-order valence-electron chi connectivity index (χ4n) is 4.41. The van der Waals surface area contributed by atoms with E-state index >= 15 is 0 Å². The summed E-state index contributed by atoms with van der Waals surface area (Å²) in [5, 5.41) is 0.551. The molecule has 0 spiro atoms. The number of aromatic nitrogens is 1. The van der Waals surface area contributed by atoms with E-state index in [-0.39, 0.29) is 16.9 Å². The lowest BCUT2D eigenvalue weighted by atomic mass is 10.1. The van der Waals surface area contributed by atoms with Crippen molar-refractivity contribution >= 4 is 42.6 Å². The lowest BCUT2D eigenvalue weighted by Crippen LogP contribution is -2.34.